The van der Waals surface area contributed by atoms with Crippen LogP contribution in [0.25, 0.3) is 22.3 Å². The van der Waals surface area contributed by atoms with Crippen LogP contribution in [0.1, 0.15) is 0 Å². The lowest BCUT2D eigenvalue weighted by atomic mass is 10.0. The van der Waals surface area contributed by atoms with E-state index in [2.05, 4.69) is 91.5 Å². The van der Waals surface area contributed by atoms with E-state index in [-0.39, 0.29) is 0 Å². The number of benzene rings is 4. The normalized spacial score (nSPS) is 10.7. The fourth-order valence-corrected chi connectivity index (χ4v) is 4.11. The number of thiol groups is 1. The maximum Gasteiger partial charge on any atom is 0.0128 e. The lowest BCUT2D eigenvalue weighted by Gasteiger charge is -2.08. The van der Waals surface area contributed by atoms with Gasteiger partial charge in [0, 0.05) is 14.7 Å². The van der Waals surface area contributed by atoms with Crippen molar-refractivity contribution in [2.24, 2.45) is 0 Å². The Hall–Kier alpha value is -2.42. The van der Waals surface area contributed by atoms with E-state index in [4.69, 9.17) is 0 Å². The van der Waals surface area contributed by atoms with E-state index in [0.717, 1.165) is 10.5 Å². The average Bonchev–Trinajstić information content (AvgIpc) is 2.70. The molecular formula is C24H18S2. The molecule has 4 rings (SSSR count). The molecule has 0 heterocycles. The third-order valence-corrected chi connectivity index (χ3v) is 5.63. The van der Waals surface area contributed by atoms with Crippen LogP contribution in [0, 0.1) is 0 Å². The Morgan fingerprint density at radius 1 is 0.500 bits per heavy atom. The molecule has 0 aliphatic heterocycles. The summed E-state index contributed by atoms with van der Waals surface area (Å²) in [6.45, 7) is 0. The predicted molar refractivity (Wildman–Crippen MR) is 115 cm³/mol. The second kappa shape index (κ2) is 7.86. The molecular weight excluding hydrogens is 352 g/mol. The van der Waals surface area contributed by atoms with Gasteiger partial charge in [0.15, 0.2) is 0 Å². The van der Waals surface area contributed by atoms with Gasteiger partial charge < -0.3 is 0 Å². The van der Waals surface area contributed by atoms with E-state index >= 15 is 0 Å². The summed E-state index contributed by atoms with van der Waals surface area (Å²) in [6, 6.07) is 36.1. The van der Waals surface area contributed by atoms with Gasteiger partial charge in [-0.3, -0.25) is 0 Å². The van der Waals surface area contributed by atoms with Gasteiger partial charge in [-0.15, -0.1) is 12.6 Å². The van der Waals surface area contributed by atoms with Crippen molar-refractivity contribution in [2.45, 2.75) is 14.7 Å². The summed E-state index contributed by atoms with van der Waals surface area (Å²) in [5.41, 5.74) is 4.81. The van der Waals surface area contributed by atoms with Crippen LogP contribution in [0.5, 0.6) is 0 Å². The second-order valence-corrected chi connectivity index (χ2v) is 7.67. The van der Waals surface area contributed by atoms with Gasteiger partial charge in [-0.1, -0.05) is 84.6 Å². The molecule has 4 aromatic carbocycles. The highest BCUT2D eigenvalue weighted by Crippen LogP contribution is 2.32. The minimum Gasteiger partial charge on any atom is -0.143 e. The average molecular weight is 371 g/mol. The van der Waals surface area contributed by atoms with E-state index < -0.39 is 0 Å². The lowest BCUT2D eigenvalue weighted by molar-refractivity contribution is 1.40. The molecule has 0 radical (unpaired) electrons. The van der Waals surface area contributed by atoms with Gasteiger partial charge >= 0.3 is 0 Å². The SMILES string of the molecule is Sc1ccccc1-c1ccc(-c2cccc(Sc3ccccc3)c2)cc1. The van der Waals surface area contributed by atoms with E-state index in [1.807, 2.05) is 24.3 Å². The molecule has 0 N–H and O–H groups in total. The highest BCUT2D eigenvalue weighted by molar-refractivity contribution is 7.99. The van der Waals surface area contributed by atoms with Crippen LogP contribution >= 0.6 is 24.4 Å². The van der Waals surface area contributed by atoms with Crippen LogP contribution in [0.4, 0.5) is 0 Å². The fraction of sp³-hybridized carbons (Fsp3) is 0. The first kappa shape index (κ1) is 17.0. The van der Waals surface area contributed by atoms with E-state index in [1.165, 1.54) is 26.5 Å². The van der Waals surface area contributed by atoms with Crippen LogP contribution in [-0.2, 0) is 0 Å². The quantitative estimate of drug-likeness (QED) is 0.364. The first-order chi connectivity index (χ1) is 12.8. The molecule has 26 heavy (non-hydrogen) atoms. The highest BCUT2D eigenvalue weighted by atomic mass is 32.2. The molecule has 0 saturated heterocycles. The zero-order chi connectivity index (χ0) is 17.8. The first-order valence-corrected chi connectivity index (χ1v) is 9.78. The van der Waals surface area contributed by atoms with Gasteiger partial charge in [0.05, 0.1) is 0 Å². The Morgan fingerprint density at radius 2 is 1.15 bits per heavy atom. The van der Waals surface area contributed by atoms with Crippen LogP contribution in [0.3, 0.4) is 0 Å². The fourth-order valence-electron chi connectivity index (χ4n) is 2.92. The number of hydrogen-bond donors (Lipinski definition) is 1. The van der Waals surface area contributed by atoms with Crippen LogP contribution in [0.15, 0.2) is 118 Å². The Balaban J connectivity index is 1.60. The Labute approximate surface area is 164 Å². The van der Waals surface area contributed by atoms with Crippen LogP contribution < -0.4 is 0 Å². The maximum absolute atomic E-state index is 4.56. The van der Waals surface area contributed by atoms with Crippen molar-refractivity contribution >= 4 is 24.4 Å². The third kappa shape index (κ3) is 3.87. The Morgan fingerprint density at radius 3 is 1.92 bits per heavy atom. The molecule has 126 valence electrons. The largest absolute Gasteiger partial charge is 0.143 e. The van der Waals surface area contributed by atoms with E-state index in [1.54, 1.807) is 11.8 Å². The van der Waals surface area contributed by atoms with Gasteiger partial charge in [-0.25, -0.2) is 0 Å². The molecule has 0 saturated carbocycles. The number of rotatable bonds is 4. The minimum absolute atomic E-state index is 1.00. The molecule has 4 aromatic rings. The van der Waals surface area contributed by atoms with E-state index in [9.17, 15) is 0 Å². The minimum atomic E-state index is 1.00. The summed E-state index contributed by atoms with van der Waals surface area (Å²) in [4.78, 5) is 3.50. The number of hydrogen-bond acceptors (Lipinski definition) is 2. The monoisotopic (exact) mass is 370 g/mol. The summed E-state index contributed by atoms with van der Waals surface area (Å²) in [5, 5.41) is 0. The van der Waals surface area contributed by atoms with Crippen molar-refractivity contribution in [1.82, 2.24) is 0 Å². The van der Waals surface area contributed by atoms with Crippen molar-refractivity contribution in [3.8, 4) is 22.3 Å². The van der Waals surface area contributed by atoms with Crippen molar-refractivity contribution < 1.29 is 0 Å². The van der Waals surface area contributed by atoms with Crippen molar-refractivity contribution in [3.63, 3.8) is 0 Å². The molecule has 0 atom stereocenters. The predicted octanol–water partition coefficient (Wildman–Crippen LogP) is 7.46. The summed E-state index contributed by atoms with van der Waals surface area (Å²) in [6.07, 6.45) is 0. The van der Waals surface area contributed by atoms with E-state index in [0.29, 0.717) is 0 Å². The molecule has 0 unspecified atom stereocenters. The summed E-state index contributed by atoms with van der Waals surface area (Å²) in [7, 11) is 0. The molecule has 0 nitrogen and oxygen atoms in total. The van der Waals surface area contributed by atoms with Gasteiger partial charge in [0.25, 0.3) is 0 Å². The zero-order valence-corrected chi connectivity index (χ0v) is 15.9. The van der Waals surface area contributed by atoms with Gasteiger partial charge in [0.1, 0.15) is 0 Å². The molecule has 0 aromatic heterocycles. The molecule has 2 heteroatoms. The second-order valence-electron chi connectivity index (χ2n) is 6.04. The summed E-state index contributed by atoms with van der Waals surface area (Å²) < 4.78 is 0. The van der Waals surface area contributed by atoms with Crippen molar-refractivity contribution in [2.75, 3.05) is 0 Å². The maximum atomic E-state index is 4.56. The smallest absolute Gasteiger partial charge is 0.0128 e. The molecule has 0 aliphatic rings. The zero-order valence-electron chi connectivity index (χ0n) is 14.2. The molecule has 0 spiro atoms. The van der Waals surface area contributed by atoms with Crippen LogP contribution in [-0.4, -0.2) is 0 Å². The molecule has 0 amide bonds. The Bertz CT molecular complexity index is 1010. The molecule has 0 fully saturated rings. The molecule has 0 bridgehead atoms. The first-order valence-electron chi connectivity index (χ1n) is 8.51. The third-order valence-electron chi connectivity index (χ3n) is 4.25. The molecule has 0 aliphatic carbocycles. The Kier molecular flexibility index (Phi) is 5.14. The lowest BCUT2D eigenvalue weighted by Crippen LogP contribution is -1.82. The van der Waals surface area contributed by atoms with Crippen molar-refractivity contribution in [1.29, 1.82) is 0 Å². The van der Waals surface area contributed by atoms with Gasteiger partial charge in [0.2, 0.25) is 0 Å². The van der Waals surface area contributed by atoms with Gasteiger partial charge in [-0.2, -0.15) is 0 Å². The summed E-state index contributed by atoms with van der Waals surface area (Å²) in [5.74, 6) is 0. The summed E-state index contributed by atoms with van der Waals surface area (Å²) >= 11 is 6.35. The highest BCUT2D eigenvalue weighted by Gasteiger charge is 2.04. The van der Waals surface area contributed by atoms with Crippen LogP contribution in [0.2, 0.25) is 0 Å². The van der Waals surface area contributed by atoms with Gasteiger partial charge in [-0.05, 0) is 52.6 Å². The van der Waals surface area contributed by atoms with Crippen molar-refractivity contribution in [3.05, 3.63) is 103 Å². The standard InChI is InChI=1S/C24H18S2/c25-24-12-5-4-11-23(24)19-15-13-18(14-16-19)20-7-6-10-22(17-20)26-21-8-2-1-3-9-21/h1-17,25H. The topological polar surface area (TPSA) is 0 Å².